The summed E-state index contributed by atoms with van der Waals surface area (Å²) in [4.78, 5) is 48.3. The number of cyclic esters (lactones) is 1. The standard InChI is InChI=1S/C20H24O8/c1-11-6-4-8-13(21)17(23)14(22)9-5-7-12-10-15(26-2)19(27-3)18(24)16(12)20(25)28-11/h10-11,24H,4-9H2,1-3H3/t11-/m0/s1. The summed E-state index contributed by atoms with van der Waals surface area (Å²) in [5.74, 6) is -3.36. The van der Waals surface area contributed by atoms with Crippen LogP contribution in [0, 0.1) is 0 Å². The summed E-state index contributed by atoms with van der Waals surface area (Å²) in [6, 6.07) is 1.53. The van der Waals surface area contributed by atoms with Gasteiger partial charge in [-0.3, -0.25) is 14.4 Å². The number of ether oxygens (including phenoxy) is 3. The molecule has 0 aromatic heterocycles. The van der Waals surface area contributed by atoms with E-state index >= 15 is 0 Å². The number of Topliss-reactive ketones (excluding diaryl/α,β-unsaturated/α-hetero) is 3. The molecule has 1 heterocycles. The van der Waals surface area contributed by atoms with Crippen LogP contribution in [0.5, 0.6) is 17.2 Å². The molecule has 0 saturated carbocycles. The fourth-order valence-electron chi connectivity index (χ4n) is 3.12. The lowest BCUT2D eigenvalue weighted by atomic mass is 9.96. The quantitative estimate of drug-likeness (QED) is 0.601. The van der Waals surface area contributed by atoms with Gasteiger partial charge in [0.25, 0.3) is 5.78 Å². The lowest BCUT2D eigenvalue weighted by Gasteiger charge is -2.19. The largest absolute Gasteiger partial charge is 0.504 e. The van der Waals surface area contributed by atoms with Crippen LogP contribution in [-0.2, 0) is 25.5 Å². The molecular weight excluding hydrogens is 368 g/mol. The van der Waals surface area contributed by atoms with Crippen LogP contribution in [0.1, 0.15) is 54.9 Å². The number of benzene rings is 1. The maximum Gasteiger partial charge on any atom is 0.342 e. The first-order chi connectivity index (χ1) is 13.3. The highest BCUT2D eigenvalue weighted by Gasteiger charge is 2.28. The van der Waals surface area contributed by atoms with E-state index in [-0.39, 0.29) is 42.7 Å². The Kier molecular flexibility index (Phi) is 7.14. The molecule has 0 bridgehead atoms. The molecule has 8 heteroatoms. The molecule has 0 unspecified atom stereocenters. The third kappa shape index (κ3) is 4.68. The fourth-order valence-corrected chi connectivity index (χ4v) is 3.12. The number of ketones is 3. The second-order valence-corrected chi connectivity index (χ2v) is 6.63. The van der Waals surface area contributed by atoms with Gasteiger partial charge in [0, 0.05) is 12.8 Å². The van der Waals surface area contributed by atoms with Crippen molar-refractivity contribution in [1.29, 1.82) is 0 Å². The van der Waals surface area contributed by atoms with E-state index in [1.807, 2.05) is 0 Å². The second-order valence-electron chi connectivity index (χ2n) is 6.63. The minimum Gasteiger partial charge on any atom is -0.504 e. The first-order valence-electron chi connectivity index (χ1n) is 9.08. The average Bonchev–Trinajstić information content (AvgIpc) is 2.65. The number of hydrogen-bond donors (Lipinski definition) is 1. The van der Waals surface area contributed by atoms with E-state index < -0.39 is 35.2 Å². The normalized spacial score (nSPS) is 19.5. The first kappa shape index (κ1) is 21.4. The van der Waals surface area contributed by atoms with Crippen molar-refractivity contribution in [2.75, 3.05) is 14.2 Å². The lowest BCUT2D eigenvalue weighted by Crippen LogP contribution is -2.25. The van der Waals surface area contributed by atoms with Crippen molar-refractivity contribution in [1.82, 2.24) is 0 Å². The summed E-state index contributed by atoms with van der Waals surface area (Å²) in [5.41, 5.74) is 0.340. The highest BCUT2D eigenvalue weighted by Crippen LogP contribution is 2.42. The summed E-state index contributed by atoms with van der Waals surface area (Å²) in [6.07, 6.45) is 0.292. The van der Waals surface area contributed by atoms with Gasteiger partial charge in [0.1, 0.15) is 5.56 Å². The molecule has 0 fully saturated rings. The van der Waals surface area contributed by atoms with E-state index in [2.05, 4.69) is 0 Å². The van der Waals surface area contributed by atoms with Crippen LogP contribution < -0.4 is 9.47 Å². The summed E-state index contributed by atoms with van der Waals surface area (Å²) < 4.78 is 15.7. The SMILES string of the molecule is COc1cc2c(c(O)c1OC)C(=O)O[C@@H](C)CCCC(=O)C(=O)C(=O)CCC2. The van der Waals surface area contributed by atoms with Crippen LogP contribution in [0.15, 0.2) is 6.07 Å². The van der Waals surface area contributed by atoms with Gasteiger partial charge >= 0.3 is 5.97 Å². The number of carbonyl (C=O) groups excluding carboxylic acids is 4. The van der Waals surface area contributed by atoms with Crippen molar-refractivity contribution in [2.24, 2.45) is 0 Å². The van der Waals surface area contributed by atoms with Gasteiger partial charge in [0.2, 0.25) is 17.3 Å². The summed E-state index contributed by atoms with van der Waals surface area (Å²) in [7, 11) is 2.73. The highest BCUT2D eigenvalue weighted by molar-refractivity contribution is 6.63. The molecule has 28 heavy (non-hydrogen) atoms. The van der Waals surface area contributed by atoms with Gasteiger partial charge in [-0.1, -0.05) is 0 Å². The number of phenols is 1. The second kappa shape index (κ2) is 9.34. The van der Waals surface area contributed by atoms with E-state index in [0.29, 0.717) is 18.4 Å². The van der Waals surface area contributed by atoms with Gasteiger partial charge in [0.05, 0.1) is 20.3 Å². The highest BCUT2D eigenvalue weighted by atomic mass is 16.5. The molecule has 0 radical (unpaired) electrons. The number of aryl methyl sites for hydroxylation is 1. The number of carbonyl (C=O) groups is 4. The van der Waals surface area contributed by atoms with Crippen molar-refractivity contribution >= 4 is 23.3 Å². The molecule has 2 rings (SSSR count). The molecule has 1 aliphatic rings. The Morgan fingerprint density at radius 1 is 1.00 bits per heavy atom. The zero-order valence-electron chi connectivity index (χ0n) is 16.2. The third-order valence-electron chi connectivity index (χ3n) is 4.61. The molecule has 8 nitrogen and oxygen atoms in total. The molecule has 0 saturated heterocycles. The molecule has 0 amide bonds. The van der Waals surface area contributed by atoms with Gasteiger partial charge in [-0.2, -0.15) is 0 Å². The smallest absolute Gasteiger partial charge is 0.342 e. The van der Waals surface area contributed by atoms with Gasteiger partial charge < -0.3 is 19.3 Å². The Hall–Kier alpha value is -2.90. The fraction of sp³-hybridized carbons (Fsp3) is 0.500. The van der Waals surface area contributed by atoms with Crippen LogP contribution in [-0.4, -0.2) is 48.7 Å². The van der Waals surface area contributed by atoms with Crippen LogP contribution in [0.2, 0.25) is 0 Å². The van der Waals surface area contributed by atoms with Crippen molar-refractivity contribution in [3.8, 4) is 17.2 Å². The Bertz CT molecular complexity index is 796. The average molecular weight is 392 g/mol. The van der Waals surface area contributed by atoms with E-state index in [4.69, 9.17) is 14.2 Å². The summed E-state index contributed by atoms with van der Waals surface area (Å²) in [6.45, 7) is 1.65. The van der Waals surface area contributed by atoms with Crippen LogP contribution in [0.3, 0.4) is 0 Å². The summed E-state index contributed by atoms with van der Waals surface area (Å²) >= 11 is 0. The van der Waals surface area contributed by atoms with Crippen LogP contribution in [0.25, 0.3) is 0 Å². The molecule has 152 valence electrons. The number of rotatable bonds is 2. The maximum atomic E-state index is 12.7. The molecule has 1 atom stereocenters. The van der Waals surface area contributed by atoms with Gasteiger partial charge in [-0.15, -0.1) is 0 Å². The number of methoxy groups -OCH3 is 2. The molecule has 1 N–H and O–H groups in total. The molecule has 1 aliphatic heterocycles. The topological polar surface area (TPSA) is 116 Å². The van der Waals surface area contributed by atoms with Gasteiger partial charge in [-0.25, -0.2) is 4.79 Å². The van der Waals surface area contributed by atoms with Crippen molar-refractivity contribution < 1.29 is 38.5 Å². The zero-order valence-corrected chi connectivity index (χ0v) is 16.2. The van der Waals surface area contributed by atoms with E-state index in [1.165, 1.54) is 20.3 Å². The molecule has 0 aliphatic carbocycles. The molecular formula is C20H24O8. The van der Waals surface area contributed by atoms with E-state index in [0.717, 1.165) is 0 Å². The Morgan fingerprint density at radius 2 is 1.64 bits per heavy atom. The van der Waals surface area contributed by atoms with E-state index in [9.17, 15) is 24.3 Å². The number of aromatic hydroxyl groups is 1. The number of fused-ring (bicyclic) bond motifs is 1. The predicted octanol–water partition coefficient (Wildman–Crippen LogP) is 2.17. The number of phenolic OH excluding ortho intramolecular Hbond substituents is 1. The van der Waals surface area contributed by atoms with Gasteiger partial charge in [0.15, 0.2) is 11.5 Å². The Morgan fingerprint density at radius 3 is 2.25 bits per heavy atom. The van der Waals surface area contributed by atoms with Crippen molar-refractivity contribution in [3.05, 3.63) is 17.2 Å². The Balaban J connectivity index is 2.45. The maximum absolute atomic E-state index is 12.7. The summed E-state index contributed by atoms with van der Waals surface area (Å²) in [5, 5.41) is 10.6. The van der Waals surface area contributed by atoms with Crippen molar-refractivity contribution in [2.45, 2.75) is 51.6 Å². The zero-order chi connectivity index (χ0) is 20.8. The van der Waals surface area contributed by atoms with Crippen LogP contribution in [0.4, 0.5) is 0 Å². The lowest BCUT2D eigenvalue weighted by molar-refractivity contribution is -0.144. The number of hydrogen-bond acceptors (Lipinski definition) is 8. The molecule has 1 aromatic carbocycles. The number of esters is 1. The first-order valence-corrected chi connectivity index (χ1v) is 9.08. The van der Waals surface area contributed by atoms with Crippen LogP contribution >= 0.6 is 0 Å². The van der Waals surface area contributed by atoms with E-state index in [1.54, 1.807) is 6.92 Å². The monoisotopic (exact) mass is 392 g/mol. The van der Waals surface area contributed by atoms with Gasteiger partial charge in [-0.05, 0) is 44.2 Å². The molecule has 0 spiro atoms. The minimum atomic E-state index is -0.989. The Labute approximate surface area is 162 Å². The molecule has 1 aromatic rings. The predicted molar refractivity (Wildman–Crippen MR) is 97.9 cm³/mol. The van der Waals surface area contributed by atoms with Crippen molar-refractivity contribution in [3.63, 3.8) is 0 Å². The minimum absolute atomic E-state index is 0.00354. The third-order valence-corrected chi connectivity index (χ3v) is 4.61.